The van der Waals surface area contributed by atoms with E-state index in [1.165, 1.54) is 46.4 Å². The highest BCUT2D eigenvalue weighted by molar-refractivity contribution is 5.88. The summed E-state index contributed by atoms with van der Waals surface area (Å²) in [6.45, 7) is 12.5. The lowest BCUT2D eigenvalue weighted by molar-refractivity contribution is 0.0697. The van der Waals surface area contributed by atoms with Crippen LogP contribution in [-0.4, -0.2) is 20.9 Å². The molecule has 0 saturated carbocycles. The van der Waals surface area contributed by atoms with Gasteiger partial charge in [0, 0.05) is 23.2 Å². The van der Waals surface area contributed by atoms with Gasteiger partial charge in [-0.15, -0.1) is 0 Å². The molecule has 1 heterocycles. The van der Waals surface area contributed by atoms with Gasteiger partial charge in [0.1, 0.15) is 0 Å². The Morgan fingerprint density at radius 3 is 2.22 bits per heavy atom. The number of nitrogens with zero attached hydrogens (tertiary/aromatic N) is 2. The van der Waals surface area contributed by atoms with Gasteiger partial charge in [0.15, 0.2) is 0 Å². The minimum atomic E-state index is -0.901. The Labute approximate surface area is 190 Å². The number of rotatable bonds is 3. The van der Waals surface area contributed by atoms with Crippen LogP contribution in [0, 0.1) is 0 Å². The van der Waals surface area contributed by atoms with Crippen LogP contribution < -0.4 is 0 Å². The fraction of sp³-hybridized carbons (Fsp3) is 0.429. The van der Waals surface area contributed by atoms with E-state index in [1.54, 1.807) is 12.1 Å². The number of carbonyl (C=O) groups is 1. The summed E-state index contributed by atoms with van der Waals surface area (Å²) in [4.78, 5) is 11.3. The lowest BCUT2D eigenvalue weighted by Crippen LogP contribution is -2.34. The van der Waals surface area contributed by atoms with Gasteiger partial charge in [0.05, 0.1) is 17.0 Å². The molecule has 0 fully saturated rings. The van der Waals surface area contributed by atoms with E-state index in [2.05, 4.69) is 51.4 Å². The average molecular weight is 429 g/mol. The Bertz CT molecular complexity index is 1230. The highest BCUT2D eigenvalue weighted by Crippen LogP contribution is 2.49. The van der Waals surface area contributed by atoms with Crippen LogP contribution in [0.15, 0.2) is 36.4 Å². The Morgan fingerprint density at radius 1 is 1.00 bits per heavy atom. The SMILES string of the molecule is CCn1nc(-c2ccc(C(=O)O)cc2)c2c1-c1cc3c(cc1CC2)C(C)(C)CCC3(C)C. The summed E-state index contributed by atoms with van der Waals surface area (Å²) in [5, 5.41) is 14.2. The van der Waals surface area contributed by atoms with Crippen molar-refractivity contribution in [2.75, 3.05) is 0 Å². The molecule has 2 aromatic carbocycles. The van der Waals surface area contributed by atoms with Gasteiger partial charge in [-0.1, -0.05) is 45.9 Å². The fourth-order valence-corrected chi connectivity index (χ4v) is 5.61. The standard InChI is InChI=1S/C28H32N2O2/c1-6-30-25-20(24(29-30)17-7-9-18(10-8-17)26(31)32)12-11-19-15-22-23(16-21(19)25)28(4,5)14-13-27(22,2)3/h7-10,15-16H,6,11-14H2,1-5H3,(H,31,32). The molecule has 0 bridgehead atoms. The maximum absolute atomic E-state index is 11.3. The van der Waals surface area contributed by atoms with Crippen molar-refractivity contribution in [2.45, 2.75) is 77.7 Å². The third kappa shape index (κ3) is 3.11. The summed E-state index contributed by atoms with van der Waals surface area (Å²) in [7, 11) is 0. The summed E-state index contributed by atoms with van der Waals surface area (Å²) in [6, 6.07) is 12.1. The van der Waals surface area contributed by atoms with Crippen molar-refractivity contribution in [3.63, 3.8) is 0 Å². The topological polar surface area (TPSA) is 55.1 Å². The molecule has 0 aliphatic heterocycles. The average Bonchev–Trinajstić information content (AvgIpc) is 3.15. The van der Waals surface area contributed by atoms with Gasteiger partial charge in [0.2, 0.25) is 0 Å². The summed E-state index contributed by atoms with van der Waals surface area (Å²) >= 11 is 0. The first kappa shape index (κ1) is 21.0. The molecule has 0 unspecified atom stereocenters. The molecule has 0 radical (unpaired) electrons. The van der Waals surface area contributed by atoms with E-state index >= 15 is 0 Å². The Balaban J connectivity index is 1.70. The van der Waals surface area contributed by atoms with E-state index in [9.17, 15) is 9.90 Å². The van der Waals surface area contributed by atoms with E-state index in [-0.39, 0.29) is 10.8 Å². The molecule has 1 aromatic heterocycles. The maximum Gasteiger partial charge on any atom is 0.335 e. The minimum Gasteiger partial charge on any atom is -0.478 e. The quantitative estimate of drug-likeness (QED) is 0.526. The van der Waals surface area contributed by atoms with E-state index in [1.807, 2.05) is 12.1 Å². The van der Waals surface area contributed by atoms with Crippen LogP contribution in [0.25, 0.3) is 22.5 Å². The minimum absolute atomic E-state index is 0.171. The summed E-state index contributed by atoms with van der Waals surface area (Å²) in [5.74, 6) is -0.901. The van der Waals surface area contributed by atoms with Gasteiger partial charge in [-0.3, -0.25) is 4.68 Å². The van der Waals surface area contributed by atoms with Gasteiger partial charge in [-0.25, -0.2) is 4.79 Å². The van der Waals surface area contributed by atoms with Gasteiger partial charge < -0.3 is 5.11 Å². The maximum atomic E-state index is 11.3. The van der Waals surface area contributed by atoms with Crippen molar-refractivity contribution in [2.24, 2.45) is 0 Å². The number of carboxylic acids is 1. The molecule has 2 aliphatic carbocycles. The van der Waals surface area contributed by atoms with E-state index in [0.29, 0.717) is 5.56 Å². The van der Waals surface area contributed by atoms with Gasteiger partial charge in [0.25, 0.3) is 0 Å². The van der Waals surface area contributed by atoms with E-state index in [4.69, 9.17) is 5.10 Å². The van der Waals surface area contributed by atoms with Crippen LogP contribution in [0.4, 0.5) is 0 Å². The third-order valence-electron chi connectivity index (χ3n) is 7.73. The van der Waals surface area contributed by atoms with Crippen LogP contribution in [0.3, 0.4) is 0 Å². The zero-order valence-electron chi connectivity index (χ0n) is 19.7. The van der Waals surface area contributed by atoms with Crippen LogP contribution in [0.5, 0.6) is 0 Å². The molecule has 4 heteroatoms. The number of hydrogen-bond donors (Lipinski definition) is 1. The largest absolute Gasteiger partial charge is 0.478 e. The number of aromatic carboxylic acids is 1. The van der Waals surface area contributed by atoms with Gasteiger partial charge >= 0.3 is 5.97 Å². The number of aromatic nitrogens is 2. The fourth-order valence-electron chi connectivity index (χ4n) is 5.61. The lowest BCUT2D eigenvalue weighted by atomic mass is 9.62. The van der Waals surface area contributed by atoms with Gasteiger partial charge in [-0.05, 0) is 78.3 Å². The molecular formula is C28H32N2O2. The smallest absolute Gasteiger partial charge is 0.335 e. The predicted octanol–water partition coefficient (Wildman–Crippen LogP) is 6.38. The highest BCUT2D eigenvalue weighted by Gasteiger charge is 2.39. The van der Waals surface area contributed by atoms with Crippen LogP contribution in [0.2, 0.25) is 0 Å². The van der Waals surface area contributed by atoms with E-state index in [0.717, 1.165) is 30.6 Å². The van der Waals surface area contributed by atoms with E-state index < -0.39 is 5.97 Å². The van der Waals surface area contributed by atoms with Gasteiger partial charge in [-0.2, -0.15) is 5.10 Å². The normalized spacial score (nSPS) is 17.9. The second-order valence-electron chi connectivity index (χ2n) is 10.7. The van der Waals surface area contributed by atoms with Crippen molar-refractivity contribution in [3.05, 3.63) is 64.2 Å². The van der Waals surface area contributed by atoms with Crippen molar-refractivity contribution in [1.29, 1.82) is 0 Å². The van der Waals surface area contributed by atoms with Crippen molar-refractivity contribution in [1.82, 2.24) is 9.78 Å². The molecule has 0 spiro atoms. The second-order valence-corrected chi connectivity index (χ2v) is 10.7. The number of benzene rings is 2. The highest BCUT2D eigenvalue weighted by atomic mass is 16.4. The molecule has 0 saturated heterocycles. The first-order valence-corrected chi connectivity index (χ1v) is 11.7. The zero-order chi connectivity index (χ0) is 22.8. The molecule has 3 aromatic rings. The number of hydrogen-bond acceptors (Lipinski definition) is 2. The van der Waals surface area contributed by atoms with Crippen molar-refractivity contribution < 1.29 is 9.90 Å². The Morgan fingerprint density at radius 2 is 1.62 bits per heavy atom. The predicted molar refractivity (Wildman–Crippen MR) is 128 cm³/mol. The van der Waals surface area contributed by atoms with Crippen molar-refractivity contribution >= 4 is 5.97 Å². The second kappa shape index (κ2) is 7.06. The molecule has 0 amide bonds. The number of aryl methyl sites for hydroxylation is 2. The molecule has 1 N–H and O–H groups in total. The lowest BCUT2D eigenvalue weighted by Gasteiger charge is -2.43. The molecule has 2 aliphatic rings. The first-order valence-electron chi connectivity index (χ1n) is 11.7. The summed E-state index contributed by atoms with van der Waals surface area (Å²) in [5.41, 5.74) is 11.0. The van der Waals surface area contributed by atoms with Crippen LogP contribution in [-0.2, 0) is 30.2 Å². The number of fused-ring (bicyclic) bond motifs is 4. The van der Waals surface area contributed by atoms with Crippen LogP contribution in [0.1, 0.15) is 80.1 Å². The third-order valence-corrected chi connectivity index (χ3v) is 7.73. The Kier molecular flexibility index (Phi) is 4.63. The summed E-state index contributed by atoms with van der Waals surface area (Å²) < 4.78 is 2.14. The molecule has 0 atom stereocenters. The molecular weight excluding hydrogens is 396 g/mol. The van der Waals surface area contributed by atoms with Crippen molar-refractivity contribution in [3.8, 4) is 22.5 Å². The molecule has 5 rings (SSSR count). The molecule has 4 nitrogen and oxygen atoms in total. The molecule has 32 heavy (non-hydrogen) atoms. The molecule has 166 valence electrons. The monoisotopic (exact) mass is 428 g/mol. The van der Waals surface area contributed by atoms with Crippen LogP contribution >= 0.6 is 0 Å². The number of carboxylic acid groups (broad SMARTS) is 1. The Hall–Kier alpha value is -2.88. The zero-order valence-corrected chi connectivity index (χ0v) is 19.7. The summed E-state index contributed by atoms with van der Waals surface area (Å²) in [6.07, 6.45) is 4.40. The first-order chi connectivity index (χ1) is 15.1.